The van der Waals surface area contributed by atoms with Gasteiger partial charge in [0, 0.05) is 26.0 Å². The van der Waals surface area contributed by atoms with Gasteiger partial charge in [-0.25, -0.2) is 4.98 Å². The Balaban J connectivity index is 2.33. The van der Waals surface area contributed by atoms with Gasteiger partial charge in [0.15, 0.2) is 0 Å². The van der Waals surface area contributed by atoms with Gasteiger partial charge >= 0.3 is 11.1 Å². The molecule has 2 aromatic rings. The van der Waals surface area contributed by atoms with Gasteiger partial charge in [0.1, 0.15) is 5.82 Å². The van der Waals surface area contributed by atoms with Crippen LogP contribution in [0.15, 0.2) is 34.1 Å². The summed E-state index contributed by atoms with van der Waals surface area (Å²) < 4.78 is 2.55. The van der Waals surface area contributed by atoms with E-state index in [0.717, 1.165) is 13.0 Å². The Kier molecular flexibility index (Phi) is 4.80. The number of aromatic nitrogens is 3. The second-order valence-corrected chi connectivity index (χ2v) is 5.11. The van der Waals surface area contributed by atoms with Crippen LogP contribution >= 0.6 is 11.6 Å². The lowest BCUT2D eigenvalue weighted by Gasteiger charge is -2.10. The second kappa shape index (κ2) is 6.58. The fourth-order valence-corrected chi connectivity index (χ4v) is 1.99. The van der Waals surface area contributed by atoms with Crippen LogP contribution in [-0.2, 0) is 13.6 Å². The maximum absolute atomic E-state index is 11.9. The highest BCUT2D eigenvalue weighted by atomic mass is 35.5. The highest BCUT2D eigenvalue weighted by molar-refractivity contribution is 6.31. The molecule has 0 saturated heterocycles. The topological polar surface area (TPSA) is 68.9 Å². The lowest BCUT2D eigenvalue weighted by Crippen LogP contribution is -2.39. The van der Waals surface area contributed by atoms with Crippen molar-refractivity contribution >= 4 is 17.4 Å². The number of halogens is 1. The van der Waals surface area contributed by atoms with Crippen LogP contribution in [0.1, 0.15) is 19.0 Å². The molecule has 0 unspecified atom stereocenters. The summed E-state index contributed by atoms with van der Waals surface area (Å²) in [4.78, 5) is 27.9. The normalized spacial score (nSPS) is 10.6. The van der Waals surface area contributed by atoms with Gasteiger partial charge in [0.2, 0.25) is 0 Å². The first-order chi connectivity index (χ1) is 10.0. The molecular weight excluding hydrogens is 292 g/mol. The van der Waals surface area contributed by atoms with E-state index >= 15 is 0 Å². The fourth-order valence-electron chi connectivity index (χ4n) is 1.82. The number of nitrogens with one attached hydrogen (secondary N) is 1. The molecule has 2 heterocycles. The van der Waals surface area contributed by atoms with E-state index in [0.29, 0.717) is 16.5 Å². The summed E-state index contributed by atoms with van der Waals surface area (Å²) in [7, 11) is 1.54. The van der Waals surface area contributed by atoms with Crippen LogP contribution in [0.5, 0.6) is 0 Å². The number of hydrogen-bond donors (Lipinski definition) is 1. The zero-order chi connectivity index (χ0) is 15.4. The van der Waals surface area contributed by atoms with Gasteiger partial charge in [-0.3, -0.25) is 9.59 Å². The molecule has 7 heteroatoms. The first-order valence-electron chi connectivity index (χ1n) is 6.68. The quantitative estimate of drug-likeness (QED) is 0.849. The first-order valence-corrected chi connectivity index (χ1v) is 7.06. The molecule has 2 aromatic heterocycles. The predicted molar refractivity (Wildman–Crippen MR) is 83.1 cm³/mol. The Morgan fingerprint density at radius 3 is 2.71 bits per heavy atom. The summed E-state index contributed by atoms with van der Waals surface area (Å²) >= 11 is 6.11. The molecule has 0 spiro atoms. The zero-order valence-electron chi connectivity index (χ0n) is 12.0. The van der Waals surface area contributed by atoms with E-state index < -0.39 is 11.1 Å². The third-order valence-electron chi connectivity index (χ3n) is 3.03. The summed E-state index contributed by atoms with van der Waals surface area (Å²) in [6, 6.07) is 3.52. The molecule has 0 atom stereocenters. The maximum atomic E-state index is 11.9. The molecule has 112 valence electrons. The molecule has 21 heavy (non-hydrogen) atoms. The van der Waals surface area contributed by atoms with E-state index in [9.17, 15) is 9.59 Å². The average molecular weight is 309 g/mol. The number of hydrogen-bond acceptors (Lipinski definition) is 4. The molecule has 2 rings (SSSR count). The van der Waals surface area contributed by atoms with E-state index in [4.69, 9.17) is 11.6 Å². The maximum Gasteiger partial charge on any atom is 0.316 e. The molecule has 0 bridgehead atoms. The van der Waals surface area contributed by atoms with Crippen LogP contribution in [-0.4, -0.2) is 20.7 Å². The van der Waals surface area contributed by atoms with Gasteiger partial charge < -0.3 is 14.5 Å². The Morgan fingerprint density at radius 2 is 2.00 bits per heavy atom. The van der Waals surface area contributed by atoms with Gasteiger partial charge in [-0.15, -0.1) is 0 Å². The summed E-state index contributed by atoms with van der Waals surface area (Å²) in [6.07, 6.45) is 4.07. The molecule has 1 N–H and O–H groups in total. The second-order valence-electron chi connectivity index (χ2n) is 4.70. The minimum Gasteiger partial charge on any atom is -0.370 e. The average Bonchev–Trinajstić information content (AvgIpc) is 2.48. The van der Waals surface area contributed by atoms with Crippen molar-refractivity contribution in [3.63, 3.8) is 0 Å². The third-order valence-corrected chi connectivity index (χ3v) is 3.37. The Bertz CT molecular complexity index is 751. The number of aryl methyl sites for hydroxylation is 1. The van der Waals surface area contributed by atoms with Gasteiger partial charge in [0.25, 0.3) is 0 Å². The monoisotopic (exact) mass is 308 g/mol. The van der Waals surface area contributed by atoms with Gasteiger partial charge in [-0.2, -0.15) is 0 Å². The number of rotatable bonds is 5. The molecule has 6 nitrogen and oxygen atoms in total. The van der Waals surface area contributed by atoms with Crippen LogP contribution in [0, 0.1) is 0 Å². The molecule has 0 aliphatic rings. The summed E-state index contributed by atoms with van der Waals surface area (Å²) in [5.41, 5.74) is -0.619. The van der Waals surface area contributed by atoms with Crippen molar-refractivity contribution < 1.29 is 0 Å². The zero-order valence-corrected chi connectivity index (χ0v) is 12.7. The molecule has 0 aliphatic heterocycles. The van der Waals surface area contributed by atoms with Crippen molar-refractivity contribution in [2.45, 2.75) is 19.9 Å². The van der Waals surface area contributed by atoms with Crippen LogP contribution in [0.3, 0.4) is 0 Å². The van der Waals surface area contributed by atoms with E-state index in [1.54, 1.807) is 18.3 Å². The number of anilines is 1. The van der Waals surface area contributed by atoms with Crippen molar-refractivity contribution in [3.8, 4) is 0 Å². The summed E-state index contributed by atoms with van der Waals surface area (Å²) in [6.45, 7) is 3.03. The standard InChI is InChI=1S/C14H17ClN4O2/c1-3-6-16-12-5-4-10(15)11(17-12)9-19-8-7-18(2)13(20)14(19)21/h4-5,7-8H,3,6,9H2,1-2H3,(H,16,17). The lowest BCUT2D eigenvalue weighted by atomic mass is 10.3. The van der Waals surface area contributed by atoms with Gasteiger partial charge in [0.05, 0.1) is 17.3 Å². The van der Waals surface area contributed by atoms with Crippen LogP contribution in [0.25, 0.3) is 0 Å². The van der Waals surface area contributed by atoms with Crippen molar-refractivity contribution in [2.24, 2.45) is 7.05 Å². The van der Waals surface area contributed by atoms with Crippen LogP contribution in [0.2, 0.25) is 5.02 Å². The highest BCUT2D eigenvalue weighted by Gasteiger charge is 2.08. The van der Waals surface area contributed by atoms with E-state index in [1.165, 1.54) is 22.4 Å². The van der Waals surface area contributed by atoms with Gasteiger partial charge in [-0.1, -0.05) is 18.5 Å². The SMILES string of the molecule is CCCNc1ccc(Cl)c(Cn2ccn(C)c(=O)c2=O)n1. The molecule has 0 amide bonds. The molecular formula is C14H17ClN4O2. The van der Waals surface area contributed by atoms with Crippen molar-refractivity contribution in [3.05, 3.63) is 56.0 Å². The van der Waals surface area contributed by atoms with Gasteiger partial charge in [-0.05, 0) is 18.6 Å². The van der Waals surface area contributed by atoms with Crippen molar-refractivity contribution in [1.29, 1.82) is 0 Å². The summed E-state index contributed by atoms with van der Waals surface area (Å²) in [5, 5.41) is 3.62. The predicted octanol–water partition coefficient (Wildman–Crippen LogP) is 1.47. The van der Waals surface area contributed by atoms with Crippen molar-refractivity contribution in [1.82, 2.24) is 14.1 Å². The summed E-state index contributed by atoms with van der Waals surface area (Å²) in [5.74, 6) is 0.702. The third kappa shape index (κ3) is 3.52. The molecule has 0 radical (unpaired) electrons. The molecule has 0 fully saturated rings. The Labute approximate surface area is 127 Å². The van der Waals surface area contributed by atoms with E-state index in [1.807, 2.05) is 0 Å². The highest BCUT2D eigenvalue weighted by Crippen LogP contribution is 2.17. The van der Waals surface area contributed by atoms with Crippen LogP contribution in [0.4, 0.5) is 5.82 Å². The Morgan fingerprint density at radius 1 is 1.24 bits per heavy atom. The molecule has 0 aromatic carbocycles. The Hall–Kier alpha value is -2.08. The van der Waals surface area contributed by atoms with Crippen molar-refractivity contribution in [2.75, 3.05) is 11.9 Å². The number of nitrogens with zero attached hydrogens (tertiary/aromatic N) is 3. The smallest absolute Gasteiger partial charge is 0.316 e. The first kappa shape index (κ1) is 15.3. The van der Waals surface area contributed by atoms with Crippen LogP contribution < -0.4 is 16.4 Å². The minimum absolute atomic E-state index is 0.162. The van der Waals surface area contributed by atoms with E-state index in [2.05, 4.69) is 17.2 Å². The minimum atomic E-state index is -0.593. The fraction of sp³-hybridized carbons (Fsp3) is 0.357. The molecule has 0 aliphatic carbocycles. The largest absolute Gasteiger partial charge is 0.370 e. The van der Waals surface area contributed by atoms with E-state index in [-0.39, 0.29) is 6.54 Å². The lowest BCUT2D eigenvalue weighted by molar-refractivity contribution is 0.685. The molecule has 0 saturated carbocycles. The number of pyridine rings is 1.